The van der Waals surface area contributed by atoms with Gasteiger partial charge in [0.25, 0.3) is 0 Å². The molecule has 2 N–H and O–H groups in total. The fourth-order valence-corrected chi connectivity index (χ4v) is 4.01. The fourth-order valence-electron chi connectivity index (χ4n) is 4.01. The van der Waals surface area contributed by atoms with Crippen molar-refractivity contribution in [2.75, 3.05) is 18.8 Å². The zero-order chi connectivity index (χ0) is 22.1. The number of rotatable bonds is 5. The van der Waals surface area contributed by atoms with E-state index in [2.05, 4.69) is 37.5 Å². The fraction of sp³-hybridized carbons (Fsp3) is 0.217. The molecule has 2 aromatic carbocycles. The van der Waals surface area contributed by atoms with E-state index in [0.717, 1.165) is 47.6 Å². The number of anilines is 1. The minimum Gasteiger partial charge on any atom is -0.383 e. The average Bonchev–Trinajstić information content (AvgIpc) is 3.47. The van der Waals surface area contributed by atoms with Crippen LogP contribution in [-0.4, -0.2) is 43.2 Å². The second-order valence-corrected chi connectivity index (χ2v) is 7.82. The number of nitrogens with two attached hydrogens (primary N) is 1. The summed E-state index contributed by atoms with van der Waals surface area (Å²) in [7, 11) is 0. The molecule has 162 valence electrons. The molecule has 7 nitrogen and oxygen atoms in total. The van der Waals surface area contributed by atoms with Gasteiger partial charge in [0, 0.05) is 18.3 Å². The molecule has 4 aromatic rings. The number of pyridine rings is 1. The highest BCUT2D eigenvalue weighted by atomic mass is 19.1. The van der Waals surface area contributed by atoms with Crippen LogP contribution in [0.25, 0.3) is 28.2 Å². The molecular formula is C23H21F2N7. The maximum atomic E-state index is 14.3. The molecule has 0 saturated carbocycles. The van der Waals surface area contributed by atoms with Crippen LogP contribution in [0.2, 0.25) is 0 Å². The van der Waals surface area contributed by atoms with Gasteiger partial charge in [0.05, 0.1) is 5.56 Å². The average molecular weight is 433 g/mol. The molecule has 9 heteroatoms. The second-order valence-electron chi connectivity index (χ2n) is 7.82. The molecular weight excluding hydrogens is 412 g/mol. The molecule has 0 bridgehead atoms. The first-order valence-electron chi connectivity index (χ1n) is 10.4. The van der Waals surface area contributed by atoms with Crippen molar-refractivity contribution in [1.29, 1.82) is 0 Å². The Hall–Kier alpha value is -3.72. The third-order valence-electron chi connectivity index (χ3n) is 5.67. The van der Waals surface area contributed by atoms with Crippen molar-refractivity contribution in [3.05, 3.63) is 71.9 Å². The van der Waals surface area contributed by atoms with E-state index in [9.17, 15) is 8.78 Å². The van der Waals surface area contributed by atoms with E-state index in [1.807, 2.05) is 12.1 Å². The number of halogens is 2. The Labute approximate surface area is 183 Å². The van der Waals surface area contributed by atoms with Crippen molar-refractivity contribution >= 4 is 5.82 Å². The first-order chi connectivity index (χ1) is 15.6. The lowest BCUT2D eigenvalue weighted by Gasteiger charge is -2.15. The minimum absolute atomic E-state index is 0.103. The molecule has 1 fully saturated rings. The Morgan fingerprint density at radius 3 is 2.38 bits per heavy atom. The van der Waals surface area contributed by atoms with Crippen LogP contribution >= 0.6 is 0 Å². The number of para-hydroxylation sites is 1. The third-order valence-corrected chi connectivity index (χ3v) is 5.67. The molecule has 5 rings (SSSR count). The van der Waals surface area contributed by atoms with E-state index in [0.29, 0.717) is 5.56 Å². The minimum atomic E-state index is -0.783. The highest BCUT2D eigenvalue weighted by Crippen LogP contribution is 2.30. The first-order valence-corrected chi connectivity index (χ1v) is 10.4. The van der Waals surface area contributed by atoms with Crippen molar-refractivity contribution < 1.29 is 8.78 Å². The second kappa shape index (κ2) is 8.43. The number of hydrogen-bond donors (Lipinski definition) is 1. The lowest BCUT2D eigenvalue weighted by molar-refractivity contribution is 0.331. The van der Waals surface area contributed by atoms with Crippen molar-refractivity contribution in [3.8, 4) is 28.2 Å². The van der Waals surface area contributed by atoms with Gasteiger partial charge in [-0.15, -0.1) is 5.10 Å². The number of nitrogen functional groups attached to an aromatic ring is 1. The summed E-state index contributed by atoms with van der Waals surface area (Å²) < 4.78 is 29.7. The summed E-state index contributed by atoms with van der Waals surface area (Å²) in [6.45, 7) is 3.23. The molecule has 0 atom stereocenters. The number of tetrazole rings is 1. The van der Waals surface area contributed by atoms with E-state index < -0.39 is 11.6 Å². The summed E-state index contributed by atoms with van der Waals surface area (Å²) in [5, 5.41) is 11.3. The van der Waals surface area contributed by atoms with Gasteiger partial charge in [0.2, 0.25) is 0 Å². The topological polar surface area (TPSA) is 85.8 Å². The van der Waals surface area contributed by atoms with Crippen LogP contribution in [0.3, 0.4) is 0 Å². The van der Waals surface area contributed by atoms with Gasteiger partial charge in [-0.2, -0.15) is 4.68 Å². The molecule has 1 aliphatic rings. The third kappa shape index (κ3) is 3.82. The largest absolute Gasteiger partial charge is 0.383 e. The summed E-state index contributed by atoms with van der Waals surface area (Å²) in [4.78, 5) is 6.71. The number of nitrogens with zero attached hydrogens (tertiary/aromatic N) is 6. The zero-order valence-corrected chi connectivity index (χ0v) is 17.2. The van der Waals surface area contributed by atoms with Crippen LogP contribution in [0.4, 0.5) is 14.6 Å². The van der Waals surface area contributed by atoms with Gasteiger partial charge in [-0.25, -0.2) is 13.8 Å². The van der Waals surface area contributed by atoms with Crippen molar-refractivity contribution in [2.45, 2.75) is 19.4 Å². The van der Waals surface area contributed by atoms with Crippen molar-refractivity contribution in [1.82, 2.24) is 30.1 Å². The van der Waals surface area contributed by atoms with E-state index in [1.165, 1.54) is 24.5 Å². The Morgan fingerprint density at radius 2 is 1.66 bits per heavy atom. The molecule has 0 unspecified atom stereocenters. The van der Waals surface area contributed by atoms with Crippen LogP contribution in [0.5, 0.6) is 0 Å². The van der Waals surface area contributed by atoms with Gasteiger partial charge in [0.15, 0.2) is 17.5 Å². The summed E-state index contributed by atoms with van der Waals surface area (Å²) >= 11 is 0. The highest BCUT2D eigenvalue weighted by molar-refractivity contribution is 5.76. The molecule has 32 heavy (non-hydrogen) atoms. The molecule has 1 aliphatic heterocycles. The molecule has 1 saturated heterocycles. The molecule has 2 aromatic heterocycles. The number of likely N-dealkylation sites (tertiary alicyclic amines) is 1. The lowest BCUT2D eigenvalue weighted by atomic mass is 10.0. The Balaban J connectivity index is 1.49. The Bertz CT molecular complexity index is 1230. The van der Waals surface area contributed by atoms with Crippen molar-refractivity contribution in [3.63, 3.8) is 0 Å². The Morgan fingerprint density at radius 1 is 0.938 bits per heavy atom. The standard InChI is InChI=1S/C23H21F2N7/c24-19-4-3-5-20(25)21(19)32-23(28-29-30-32)18-12-17(13-27-22(18)26)16-8-6-15(7-9-16)14-31-10-1-2-11-31/h3-9,12-13H,1-2,10-11,14H2,(H2,26,27). The molecule has 0 amide bonds. The van der Waals surface area contributed by atoms with Gasteiger partial charge in [-0.3, -0.25) is 4.90 Å². The summed E-state index contributed by atoms with van der Waals surface area (Å²) in [6, 6.07) is 13.6. The SMILES string of the molecule is Nc1ncc(-c2ccc(CN3CCCC3)cc2)cc1-c1nnnn1-c1c(F)cccc1F. The summed E-state index contributed by atoms with van der Waals surface area (Å²) in [6.07, 6.45) is 4.18. The first kappa shape index (κ1) is 20.2. The normalized spacial score (nSPS) is 14.2. The smallest absolute Gasteiger partial charge is 0.191 e. The monoisotopic (exact) mass is 433 g/mol. The van der Waals surface area contributed by atoms with E-state index in [-0.39, 0.29) is 17.3 Å². The molecule has 0 spiro atoms. The summed E-state index contributed by atoms with van der Waals surface area (Å²) in [5.41, 5.74) is 9.09. The van der Waals surface area contributed by atoms with Crippen LogP contribution < -0.4 is 5.73 Å². The van der Waals surface area contributed by atoms with Gasteiger partial charge >= 0.3 is 0 Å². The Kier molecular flexibility index (Phi) is 5.32. The van der Waals surface area contributed by atoms with Gasteiger partial charge in [0.1, 0.15) is 11.5 Å². The van der Waals surface area contributed by atoms with E-state index in [1.54, 1.807) is 12.3 Å². The van der Waals surface area contributed by atoms with Crippen LogP contribution in [0, 0.1) is 11.6 Å². The predicted molar refractivity (Wildman–Crippen MR) is 117 cm³/mol. The van der Waals surface area contributed by atoms with Gasteiger partial charge < -0.3 is 5.73 Å². The van der Waals surface area contributed by atoms with Gasteiger partial charge in [-0.1, -0.05) is 30.3 Å². The van der Waals surface area contributed by atoms with Gasteiger partial charge in [-0.05, 0) is 65.7 Å². The molecule has 0 radical (unpaired) electrons. The van der Waals surface area contributed by atoms with Crippen LogP contribution in [0.1, 0.15) is 18.4 Å². The maximum absolute atomic E-state index is 14.3. The molecule has 0 aliphatic carbocycles. The highest BCUT2D eigenvalue weighted by Gasteiger charge is 2.20. The maximum Gasteiger partial charge on any atom is 0.191 e. The molecule has 3 heterocycles. The zero-order valence-electron chi connectivity index (χ0n) is 17.2. The lowest BCUT2D eigenvalue weighted by Crippen LogP contribution is -2.18. The van der Waals surface area contributed by atoms with E-state index >= 15 is 0 Å². The number of hydrogen-bond acceptors (Lipinski definition) is 6. The predicted octanol–water partition coefficient (Wildman–Crippen LogP) is 3.85. The van der Waals surface area contributed by atoms with Crippen LogP contribution in [-0.2, 0) is 6.54 Å². The number of aromatic nitrogens is 5. The summed E-state index contributed by atoms with van der Waals surface area (Å²) in [5.74, 6) is -1.30. The van der Waals surface area contributed by atoms with Crippen LogP contribution in [0.15, 0.2) is 54.7 Å². The van der Waals surface area contributed by atoms with Crippen molar-refractivity contribution in [2.24, 2.45) is 0 Å². The quantitative estimate of drug-likeness (QED) is 0.515. The number of benzene rings is 2. The van der Waals surface area contributed by atoms with E-state index in [4.69, 9.17) is 5.73 Å².